The standard InChI is InChI=1S/C12H15NO4S/c1-2-3-4-9-17-12(14)10-5-7-11(8-6-10)18(13,15)16/h2,5-8H,1,3-4,9H2,(H2,13,15,16). The van der Waals surface area contributed by atoms with Gasteiger partial charge in [-0.3, -0.25) is 0 Å². The van der Waals surface area contributed by atoms with E-state index in [2.05, 4.69) is 6.58 Å². The summed E-state index contributed by atoms with van der Waals surface area (Å²) in [5.41, 5.74) is 0.293. The topological polar surface area (TPSA) is 86.5 Å². The van der Waals surface area contributed by atoms with Crippen molar-refractivity contribution in [1.82, 2.24) is 0 Å². The van der Waals surface area contributed by atoms with Gasteiger partial charge in [-0.05, 0) is 37.1 Å². The lowest BCUT2D eigenvalue weighted by molar-refractivity contribution is 0.0501. The number of esters is 1. The predicted octanol–water partition coefficient (Wildman–Crippen LogP) is 1.46. The summed E-state index contributed by atoms with van der Waals surface area (Å²) in [5.74, 6) is -0.486. The molecule has 18 heavy (non-hydrogen) atoms. The average molecular weight is 269 g/mol. The molecule has 1 aromatic carbocycles. The minimum absolute atomic E-state index is 0.0364. The lowest BCUT2D eigenvalue weighted by Crippen LogP contribution is -2.12. The Labute approximate surface area is 106 Å². The Kier molecular flexibility index (Phi) is 5.06. The van der Waals surface area contributed by atoms with Gasteiger partial charge in [-0.15, -0.1) is 6.58 Å². The molecule has 6 heteroatoms. The molecule has 0 heterocycles. The molecule has 0 unspecified atom stereocenters. The van der Waals surface area contributed by atoms with Gasteiger partial charge in [0.2, 0.25) is 10.0 Å². The summed E-state index contributed by atoms with van der Waals surface area (Å²) in [5, 5.41) is 4.94. The molecule has 0 saturated heterocycles. The van der Waals surface area contributed by atoms with E-state index in [1.165, 1.54) is 24.3 Å². The van der Waals surface area contributed by atoms with E-state index in [9.17, 15) is 13.2 Å². The molecule has 0 radical (unpaired) electrons. The smallest absolute Gasteiger partial charge is 0.338 e. The summed E-state index contributed by atoms with van der Waals surface area (Å²) in [7, 11) is -3.73. The second-order valence-electron chi connectivity index (χ2n) is 3.64. The van der Waals surface area contributed by atoms with E-state index in [0.29, 0.717) is 18.6 Å². The average Bonchev–Trinajstić information content (AvgIpc) is 2.33. The van der Waals surface area contributed by atoms with E-state index >= 15 is 0 Å². The van der Waals surface area contributed by atoms with Crippen LogP contribution in [-0.2, 0) is 14.8 Å². The van der Waals surface area contributed by atoms with E-state index < -0.39 is 16.0 Å². The van der Waals surface area contributed by atoms with Crippen LogP contribution >= 0.6 is 0 Å². The summed E-state index contributed by atoms with van der Waals surface area (Å²) < 4.78 is 27.0. The zero-order valence-corrected chi connectivity index (χ0v) is 10.7. The number of hydrogen-bond donors (Lipinski definition) is 1. The van der Waals surface area contributed by atoms with Crippen LogP contribution in [-0.4, -0.2) is 21.0 Å². The monoisotopic (exact) mass is 269 g/mol. The van der Waals surface area contributed by atoms with Crippen molar-refractivity contribution >= 4 is 16.0 Å². The maximum Gasteiger partial charge on any atom is 0.338 e. The van der Waals surface area contributed by atoms with Gasteiger partial charge in [0.1, 0.15) is 0 Å². The first-order chi connectivity index (χ1) is 8.45. The Morgan fingerprint density at radius 3 is 2.44 bits per heavy atom. The van der Waals surface area contributed by atoms with Crippen molar-refractivity contribution < 1.29 is 17.9 Å². The fraction of sp³-hybridized carbons (Fsp3) is 0.250. The fourth-order valence-corrected chi connectivity index (χ4v) is 1.77. The first kappa shape index (κ1) is 14.4. The van der Waals surface area contributed by atoms with Crippen LogP contribution in [0, 0.1) is 0 Å². The number of primary sulfonamides is 1. The van der Waals surface area contributed by atoms with Crippen molar-refractivity contribution in [1.29, 1.82) is 0 Å². The lowest BCUT2D eigenvalue weighted by Gasteiger charge is -2.04. The summed E-state index contributed by atoms with van der Waals surface area (Å²) in [6.07, 6.45) is 3.23. The Balaban J connectivity index is 2.62. The van der Waals surface area contributed by atoms with Crippen molar-refractivity contribution in [2.24, 2.45) is 5.14 Å². The molecule has 0 aliphatic carbocycles. The molecular weight excluding hydrogens is 254 g/mol. The third kappa shape index (κ3) is 4.31. The molecule has 0 bridgehead atoms. The molecule has 0 aliphatic rings. The van der Waals surface area contributed by atoms with E-state index in [1.807, 2.05) is 0 Å². The van der Waals surface area contributed by atoms with Crippen LogP contribution in [0.3, 0.4) is 0 Å². The Bertz CT molecular complexity index is 520. The molecule has 1 rings (SSSR count). The number of hydrogen-bond acceptors (Lipinski definition) is 4. The molecule has 0 aromatic heterocycles. The normalized spacial score (nSPS) is 10.9. The van der Waals surface area contributed by atoms with Crippen LogP contribution in [0.2, 0.25) is 0 Å². The maximum atomic E-state index is 11.5. The number of carbonyl (C=O) groups is 1. The van der Waals surface area contributed by atoms with Gasteiger partial charge in [0.05, 0.1) is 17.1 Å². The van der Waals surface area contributed by atoms with Crippen molar-refractivity contribution in [3.63, 3.8) is 0 Å². The quantitative estimate of drug-likeness (QED) is 0.481. The van der Waals surface area contributed by atoms with Crippen molar-refractivity contribution in [3.8, 4) is 0 Å². The Hall–Kier alpha value is -1.66. The Morgan fingerprint density at radius 2 is 1.94 bits per heavy atom. The first-order valence-corrected chi connectivity index (χ1v) is 6.90. The minimum atomic E-state index is -3.73. The zero-order valence-electron chi connectivity index (χ0n) is 9.83. The third-order valence-electron chi connectivity index (χ3n) is 2.20. The van der Waals surface area contributed by atoms with Gasteiger partial charge in [0.25, 0.3) is 0 Å². The van der Waals surface area contributed by atoms with Gasteiger partial charge < -0.3 is 4.74 Å². The largest absolute Gasteiger partial charge is 0.462 e. The van der Waals surface area contributed by atoms with Crippen molar-refractivity contribution in [2.75, 3.05) is 6.61 Å². The number of carbonyl (C=O) groups excluding carboxylic acids is 1. The second-order valence-corrected chi connectivity index (χ2v) is 5.20. The minimum Gasteiger partial charge on any atom is -0.462 e. The van der Waals surface area contributed by atoms with Gasteiger partial charge in [-0.25, -0.2) is 18.4 Å². The molecule has 0 aliphatic heterocycles. The molecule has 0 amide bonds. The molecule has 5 nitrogen and oxygen atoms in total. The summed E-state index contributed by atoms with van der Waals surface area (Å²) in [6.45, 7) is 3.87. The van der Waals surface area contributed by atoms with Gasteiger partial charge in [-0.2, -0.15) is 0 Å². The van der Waals surface area contributed by atoms with Crippen LogP contribution in [0.25, 0.3) is 0 Å². The SMILES string of the molecule is C=CCCCOC(=O)c1ccc(S(N)(=O)=O)cc1. The lowest BCUT2D eigenvalue weighted by atomic mass is 10.2. The number of nitrogens with two attached hydrogens (primary N) is 1. The van der Waals surface area contributed by atoms with E-state index in [1.54, 1.807) is 6.08 Å². The van der Waals surface area contributed by atoms with Crippen LogP contribution in [0.4, 0.5) is 0 Å². The van der Waals surface area contributed by atoms with Gasteiger partial charge >= 0.3 is 5.97 Å². The van der Waals surface area contributed by atoms with Gasteiger partial charge in [0, 0.05) is 0 Å². The van der Waals surface area contributed by atoms with Crippen molar-refractivity contribution in [3.05, 3.63) is 42.5 Å². The maximum absolute atomic E-state index is 11.5. The predicted molar refractivity (Wildman–Crippen MR) is 67.5 cm³/mol. The molecule has 0 atom stereocenters. The first-order valence-electron chi connectivity index (χ1n) is 5.36. The second kappa shape index (κ2) is 6.32. The summed E-state index contributed by atoms with van der Waals surface area (Å²) in [4.78, 5) is 11.5. The highest BCUT2D eigenvalue weighted by Crippen LogP contribution is 2.10. The van der Waals surface area contributed by atoms with Gasteiger partial charge in [0.15, 0.2) is 0 Å². The Morgan fingerprint density at radius 1 is 1.33 bits per heavy atom. The number of ether oxygens (including phenoxy) is 1. The highest BCUT2D eigenvalue weighted by Gasteiger charge is 2.10. The molecule has 0 spiro atoms. The number of benzene rings is 1. The molecule has 1 aromatic rings. The molecule has 0 fully saturated rings. The van der Waals surface area contributed by atoms with Gasteiger partial charge in [-0.1, -0.05) is 6.08 Å². The number of sulfonamides is 1. The van der Waals surface area contributed by atoms with E-state index in [-0.39, 0.29) is 4.90 Å². The summed E-state index contributed by atoms with van der Waals surface area (Å²) in [6, 6.07) is 5.29. The zero-order chi connectivity index (χ0) is 13.6. The highest BCUT2D eigenvalue weighted by molar-refractivity contribution is 7.89. The van der Waals surface area contributed by atoms with Crippen LogP contribution in [0.15, 0.2) is 41.8 Å². The molecule has 2 N–H and O–H groups in total. The van der Waals surface area contributed by atoms with E-state index in [4.69, 9.17) is 9.88 Å². The number of allylic oxidation sites excluding steroid dienone is 1. The van der Waals surface area contributed by atoms with Crippen molar-refractivity contribution in [2.45, 2.75) is 17.7 Å². The third-order valence-corrected chi connectivity index (χ3v) is 3.13. The van der Waals surface area contributed by atoms with Crippen LogP contribution in [0.5, 0.6) is 0 Å². The molecule has 98 valence electrons. The number of rotatable bonds is 6. The van der Waals surface area contributed by atoms with Crippen LogP contribution in [0.1, 0.15) is 23.2 Å². The van der Waals surface area contributed by atoms with Crippen LogP contribution < -0.4 is 5.14 Å². The highest BCUT2D eigenvalue weighted by atomic mass is 32.2. The van der Waals surface area contributed by atoms with E-state index in [0.717, 1.165) is 6.42 Å². The fourth-order valence-electron chi connectivity index (χ4n) is 1.26. The molecular formula is C12H15NO4S. The summed E-state index contributed by atoms with van der Waals surface area (Å²) >= 11 is 0. The molecule has 0 saturated carbocycles. The number of unbranched alkanes of at least 4 members (excludes halogenated alkanes) is 1.